The molecule has 0 aromatic rings. The fourth-order valence-electron chi connectivity index (χ4n) is 4.28. The van der Waals surface area contributed by atoms with E-state index in [0.29, 0.717) is 0 Å². The van der Waals surface area contributed by atoms with Crippen LogP contribution in [0.25, 0.3) is 0 Å². The molecule has 0 radical (unpaired) electrons. The fourth-order valence-corrected chi connectivity index (χ4v) is 6.08. The average molecular weight is 447 g/mol. The van der Waals surface area contributed by atoms with Crippen molar-refractivity contribution in [3.8, 4) is 0 Å². The largest absolute Gasteiger partial charge is 0.500 e. The molecule has 0 rings (SSSR count). The second-order valence-corrected chi connectivity index (χ2v) is 12.8. The molecule has 0 aliphatic carbocycles. The predicted octanol–water partition coefficient (Wildman–Crippen LogP) is 7.20. The van der Waals surface area contributed by atoms with Crippen molar-refractivity contribution in [3.05, 3.63) is 0 Å². The molecule has 0 aliphatic heterocycles. The van der Waals surface area contributed by atoms with E-state index in [-0.39, 0.29) is 0 Å². The highest BCUT2D eigenvalue weighted by molar-refractivity contribution is 6.60. The minimum atomic E-state index is -2.38. The summed E-state index contributed by atoms with van der Waals surface area (Å²) in [5.41, 5.74) is 0. The molecule has 30 heavy (non-hydrogen) atoms. The van der Waals surface area contributed by atoms with Crippen LogP contribution in [0.1, 0.15) is 110 Å². The lowest BCUT2D eigenvalue weighted by Crippen LogP contribution is -2.43. The molecule has 4 nitrogen and oxygen atoms in total. The molecule has 0 heterocycles. The van der Waals surface area contributed by atoms with Crippen LogP contribution in [0.15, 0.2) is 0 Å². The van der Waals surface area contributed by atoms with E-state index < -0.39 is 8.80 Å². The Balaban J connectivity index is 3.51. The molecular weight excluding hydrogens is 390 g/mol. The lowest BCUT2D eigenvalue weighted by Gasteiger charge is -2.30. The highest BCUT2D eigenvalue weighted by Gasteiger charge is 2.37. The smallest absolute Gasteiger partial charge is 0.377 e. The van der Waals surface area contributed by atoms with Crippen molar-refractivity contribution in [2.75, 3.05) is 48.5 Å². The minimum Gasteiger partial charge on any atom is -0.377 e. The van der Waals surface area contributed by atoms with E-state index in [4.69, 9.17) is 13.3 Å². The van der Waals surface area contributed by atoms with Crippen molar-refractivity contribution in [1.82, 2.24) is 0 Å². The first-order valence-electron chi connectivity index (χ1n) is 12.9. The Morgan fingerprint density at radius 1 is 0.500 bits per heavy atom. The Morgan fingerprint density at radius 2 is 0.833 bits per heavy atom. The quantitative estimate of drug-likeness (QED) is 0.0943. The van der Waals surface area contributed by atoms with E-state index in [0.717, 1.165) is 16.9 Å². The molecule has 5 heteroatoms. The molecule has 182 valence electrons. The summed E-state index contributed by atoms with van der Waals surface area (Å²) in [4.78, 5) is 0. The minimum absolute atomic E-state index is 0.912. The summed E-state index contributed by atoms with van der Waals surface area (Å²) in [6.07, 6.45) is 22.3. The highest BCUT2D eigenvalue weighted by atomic mass is 28.4. The predicted molar refractivity (Wildman–Crippen MR) is 133 cm³/mol. The maximum absolute atomic E-state index is 5.51. The number of hydrogen-bond acceptors (Lipinski definition) is 3. The van der Waals surface area contributed by atoms with Crippen LogP contribution < -0.4 is 0 Å². The van der Waals surface area contributed by atoms with Crippen LogP contribution in [-0.2, 0) is 13.3 Å². The zero-order valence-electron chi connectivity index (χ0n) is 21.6. The molecule has 0 amide bonds. The van der Waals surface area contributed by atoms with Gasteiger partial charge in [0.25, 0.3) is 0 Å². The summed E-state index contributed by atoms with van der Waals surface area (Å²) < 4.78 is 17.7. The third-order valence-electron chi connectivity index (χ3n) is 6.55. The zero-order chi connectivity index (χ0) is 22.6. The molecule has 0 saturated carbocycles. The molecule has 0 saturated heterocycles. The SMILES string of the molecule is CCCCCCCCCCCCCCCC[N+](C)(C)CCCC[Si](OC)(OC)OC. The monoisotopic (exact) mass is 446 g/mol. The zero-order valence-corrected chi connectivity index (χ0v) is 22.6. The second-order valence-electron chi connectivity index (χ2n) is 9.73. The Morgan fingerprint density at radius 3 is 1.20 bits per heavy atom. The van der Waals surface area contributed by atoms with Gasteiger partial charge < -0.3 is 17.8 Å². The van der Waals surface area contributed by atoms with Gasteiger partial charge in [0.1, 0.15) is 0 Å². The number of nitrogens with zero attached hydrogens (tertiary/aromatic N) is 1. The van der Waals surface area contributed by atoms with Crippen LogP contribution in [0.4, 0.5) is 0 Å². The van der Waals surface area contributed by atoms with Gasteiger partial charge in [-0.15, -0.1) is 0 Å². The van der Waals surface area contributed by atoms with Gasteiger partial charge >= 0.3 is 8.80 Å². The van der Waals surface area contributed by atoms with Gasteiger partial charge in [-0.05, 0) is 25.7 Å². The van der Waals surface area contributed by atoms with Gasteiger partial charge in [-0.2, -0.15) is 0 Å². The van der Waals surface area contributed by atoms with Gasteiger partial charge in [-0.1, -0.05) is 84.0 Å². The first kappa shape index (κ1) is 30.1. The maximum atomic E-state index is 5.51. The summed E-state index contributed by atoms with van der Waals surface area (Å²) in [6, 6.07) is 0.912. The second kappa shape index (κ2) is 19.7. The normalized spacial score (nSPS) is 12.6. The van der Waals surface area contributed by atoms with Crippen LogP contribution in [0.2, 0.25) is 6.04 Å². The van der Waals surface area contributed by atoms with Crippen LogP contribution in [-0.4, -0.2) is 61.8 Å². The number of unbranched alkanes of at least 4 members (excludes halogenated alkanes) is 14. The molecule has 0 aromatic heterocycles. The van der Waals surface area contributed by atoms with Crippen LogP contribution in [0.5, 0.6) is 0 Å². The van der Waals surface area contributed by atoms with Crippen LogP contribution >= 0.6 is 0 Å². The third-order valence-corrected chi connectivity index (χ3v) is 9.38. The molecule has 0 N–H and O–H groups in total. The van der Waals surface area contributed by atoms with Gasteiger partial charge in [0, 0.05) is 27.4 Å². The van der Waals surface area contributed by atoms with E-state index in [1.807, 2.05) is 0 Å². The summed E-state index contributed by atoms with van der Waals surface area (Å²) in [5.74, 6) is 0. The van der Waals surface area contributed by atoms with E-state index in [2.05, 4.69) is 21.0 Å². The lowest BCUT2D eigenvalue weighted by atomic mass is 10.0. The molecule has 0 aliphatic rings. The van der Waals surface area contributed by atoms with Crippen LogP contribution in [0.3, 0.4) is 0 Å². The van der Waals surface area contributed by atoms with E-state index in [1.165, 1.54) is 109 Å². The number of rotatable bonds is 23. The Hall–Kier alpha value is 0.0569. The first-order chi connectivity index (χ1) is 14.4. The van der Waals surface area contributed by atoms with Gasteiger partial charge in [0.15, 0.2) is 0 Å². The van der Waals surface area contributed by atoms with Crippen LogP contribution in [0, 0.1) is 0 Å². The Kier molecular flexibility index (Phi) is 19.8. The van der Waals surface area contributed by atoms with E-state index in [1.54, 1.807) is 21.3 Å². The van der Waals surface area contributed by atoms with E-state index in [9.17, 15) is 0 Å². The van der Waals surface area contributed by atoms with Crippen molar-refractivity contribution >= 4 is 8.80 Å². The number of quaternary nitrogens is 1. The van der Waals surface area contributed by atoms with Gasteiger partial charge in [-0.25, -0.2) is 0 Å². The van der Waals surface area contributed by atoms with Gasteiger partial charge in [0.05, 0.1) is 27.2 Å². The van der Waals surface area contributed by atoms with Gasteiger partial charge in [-0.3, -0.25) is 0 Å². The summed E-state index contributed by atoms with van der Waals surface area (Å²) in [5, 5.41) is 0. The Labute approximate surface area is 191 Å². The summed E-state index contributed by atoms with van der Waals surface area (Å²) >= 11 is 0. The van der Waals surface area contributed by atoms with Crippen molar-refractivity contribution in [3.63, 3.8) is 0 Å². The summed E-state index contributed by atoms with van der Waals surface area (Å²) in [6.45, 7) is 4.81. The molecule has 0 spiro atoms. The van der Waals surface area contributed by atoms with Gasteiger partial charge in [0.2, 0.25) is 0 Å². The number of hydrogen-bond donors (Lipinski definition) is 0. The third kappa shape index (κ3) is 16.7. The lowest BCUT2D eigenvalue weighted by molar-refractivity contribution is -0.890. The molecule has 0 unspecified atom stereocenters. The maximum Gasteiger partial charge on any atom is 0.500 e. The van der Waals surface area contributed by atoms with Crippen molar-refractivity contribution in [1.29, 1.82) is 0 Å². The standard InChI is InChI=1S/C25H56NO3Si/c1-7-8-9-10-11-12-13-14-15-16-17-18-19-20-23-26(2,3)24-21-22-25-30(27-4,28-5)29-6/h7-25H2,1-6H3/q+1. The first-order valence-corrected chi connectivity index (χ1v) is 14.9. The fraction of sp³-hybridized carbons (Fsp3) is 1.00. The van der Waals surface area contributed by atoms with E-state index >= 15 is 0 Å². The van der Waals surface area contributed by atoms with Crippen molar-refractivity contribution in [2.24, 2.45) is 0 Å². The Bertz CT molecular complexity index is 354. The topological polar surface area (TPSA) is 27.7 Å². The van der Waals surface area contributed by atoms with Crippen molar-refractivity contribution < 1.29 is 17.8 Å². The highest BCUT2D eigenvalue weighted by Crippen LogP contribution is 2.18. The molecule has 0 atom stereocenters. The summed E-state index contributed by atoms with van der Waals surface area (Å²) in [7, 11) is 7.47. The molecule has 0 aromatic carbocycles. The molecule has 0 fully saturated rings. The average Bonchev–Trinajstić information content (AvgIpc) is 2.74. The molecular formula is C25H56NO3Si+. The van der Waals surface area contributed by atoms with Crippen molar-refractivity contribution in [2.45, 2.75) is 116 Å². The molecule has 0 bridgehead atoms.